The van der Waals surface area contributed by atoms with Crippen LogP contribution in [-0.2, 0) is 16.6 Å². The third kappa shape index (κ3) is 5.48. The quantitative estimate of drug-likeness (QED) is 0.348. The summed E-state index contributed by atoms with van der Waals surface area (Å²) in [6, 6.07) is 14.5. The summed E-state index contributed by atoms with van der Waals surface area (Å²) in [6.45, 7) is 5.98. The number of halogens is 1. The molecule has 204 valence electrons. The Morgan fingerprint density at radius 2 is 1.95 bits per heavy atom. The average Bonchev–Trinajstić information content (AvgIpc) is 3.50. The van der Waals surface area contributed by atoms with Crippen molar-refractivity contribution in [3.05, 3.63) is 75.5 Å². The van der Waals surface area contributed by atoms with Crippen LogP contribution in [-0.4, -0.2) is 44.3 Å². The minimum Gasteiger partial charge on any atom is -0.490 e. The van der Waals surface area contributed by atoms with E-state index in [9.17, 15) is 9.59 Å². The number of hydrogen-bond donors (Lipinski definition) is 1. The molecule has 0 aliphatic carbocycles. The van der Waals surface area contributed by atoms with E-state index in [0.717, 1.165) is 0 Å². The normalized spacial score (nSPS) is 17.4. The summed E-state index contributed by atoms with van der Waals surface area (Å²) >= 11 is 6.22. The van der Waals surface area contributed by atoms with Crippen molar-refractivity contribution in [2.75, 3.05) is 11.9 Å². The Morgan fingerprint density at radius 3 is 2.69 bits per heavy atom. The molecule has 5 rings (SSSR count). The number of nitrogens with zero attached hydrogens (tertiary/aromatic N) is 4. The second-order valence-electron chi connectivity index (χ2n) is 9.76. The third-order valence-corrected chi connectivity index (χ3v) is 6.94. The molecule has 1 saturated heterocycles. The Bertz CT molecular complexity index is 1540. The predicted molar refractivity (Wildman–Crippen MR) is 147 cm³/mol. The van der Waals surface area contributed by atoms with Crippen molar-refractivity contribution in [1.29, 1.82) is 0 Å². The fourth-order valence-electron chi connectivity index (χ4n) is 4.65. The zero-order valence-electron chi connectivity index (χ0n) is 22.2. The van der Waals surface area contributed by atoms with Crippen LogP contribution in [0.5, 0.6) is 5.75 Å². The fourth-order valence-corrected chi connectivity index (χ4v) is 4.83. The number of aromatic nitrogens is 4. The lowest BCUT2D eigenvalue weighted by atomic mass is 9.95. The van der Waals surface area contributed by atoms with Crippen LogP contribution >= 0.6 is 11.6 Å². The molecule has 2 atom stereocenters. The van der Waals surface area contributed by atoms with Gasteiger partial charge in [0.15, 0.2) is 0 Å². The Morgan fingerprint density at radius 1 is 1.18 bits per heavy atom. The zero-order chi connectivity index (χ0) is 27.7. The predicted octanol–water partition coefficient (Wildman–Crippen LogP) is 4.88. The number of hydrogen-bond acceptors (Lipinski definition) is 7. The number of ether oxygens (including phenoxy) is 2. The molecule has 39 heavy (non-hydrogen) atoms. The maximum Gasteiger partial charge on any atom is 0.295 e. The second kappa shape index (κ2) is 11.1. The van der Waals surface area contributed by atoms with Gasteiger partial charge >= 0.3 is 0 Å². The number of para-hydroxylation sites is 1. The van der Waals surface area contributed by atoms with Crippen LogP contribution in [0.2, 0.25) is 5.02 Å². The number of benzene rings is 2. The van der Waals surface area contributed by atoms with Crippen LogP contribution in [0, 0.1) is 6.92 Å². The van der Waals surface area contributed by atoms with Gasteiger partial charge in [-0.3, -0.25) is 14.3 Å². The highest BCUT2D eigenvalue weighted by Crippen LogP contribution is 2.36. The lowest BCUT2D eigenvalue weighted by Crippen LogP contribution is -2.37. The summed E-state index contributed by atoms with van der Waals surface area (Å²) in [6.07, 6.45) is 0.111. The standard InChI is InChI=1S/C28H30ClN5O5/c1-16(2)38-22-11-10-19(29)15-21(22)27-32-31-26(39-27)18-12-13-37-23(14-18)25(35)30-24-17(3)33(4)34(28(24)36)20-8-6-5-7-9-20/h5-11,15-16,18,23H,12-14H2,1-4H3,(H,30,35)/t18-,23+/m0/s1. The van der Waals surface area contributed by atoms with Gasteiger partial charge in [-0.05, 0) is 63.9 Å². The monoisotopic (exact) mass is 551 g/mol. The van der Waals surface area contributed by atoms with E-state index in [1.54, 1.807) is 36.9 Å². The molecule has 3 heterocycles. The van der Waals surface area contributed by atoms with Gasteiger partial charge in [0.1, 0.15) is 17.5 Å². The van der Waals surface area contributed by atoms with E-state index < -0.39 is 12.0 Å². The number of anilines is 1. The zero-order valence-corrected chi connectivity index (χ0v) is 22.9. The van der Waals surface area contributed by atoms with Crippen LogP contribution < -0.4 is 15.6 Å². The van der Waals surface area contributed by atoms with Gasteiger partial charge in [-0.1, -0.05) is 29.8 Å². The first-order chi connectivity index (χ1) is 18.7. The van der Waals surface area contributed by atoms with Crippen molar-refractivity contribution in [1.82, 2.24) is 19.6 Å². The van der Waals surface area contributed by atoms with Gasteiger partial charge in [-0.2, -0.15) is 0 Å². The Kier molecular flexibility index (Phi) is 7.58. The van der Waals surface area contributed by atoms with Gasteiger partial charge < -0.3 is 19.2 Å². The van der Waals surface area contributed by atoms with Crippen LogP contribution in [0.15, 0.2) is 57.7 Å². The maximum atomic E-state index is 13.2. The number of amides is 1. The smallest absolute Gasteiger partial charge is 0.295 e. The van der Waals surface area contributed by atoms with Crippen molar-refractivity contribution >= 4 is 23.2 Å². The summed E-state index contributed by atoms with van der Waals surface area (Å²) in [5, 5.41) is 11.8. The molecule has 0 unspecified atom stereocenters. The van der Waals surface area contributed by atoms with E-state index in [0.29, 0.717) is 53.1 Å². The van der Waals surface area contributed by atoms with Crippen LogP contribution in [0.1, 0.15) is 44.2 Å². The number of rotatable bonds is 7. The molecule has 0 saturated carbocycles. The second-order valence-corrected chi connectivity index (χ2v) is 10.2. The van der Waals surface area contributed by atoms with E-state index in [2.05, 4.69) is 15.5 Å². The van der Waals surface area contributed by atoms with Gasteiger partial charge in [0.25, 0.3) is 17.4 Å². The summed E-state index contributed by atoms with van der Waals surface area (Å²) in [4.78, 5) is 26.4. The molecule has 4 aromatic rings. The molecule has 1 aliphatic rings. The summed E-state index contributed by atoms with van der Waals surface area (Å²) < 4.78 is 20.9. The van der Waals surface area contributed by atoms with Crippen LogP contribution in [0.4, 0.5) is 5.69 Å². The minimum absolute atomic E-state index is 0.0489. The summed E-state index contributed by atoms with van der Waals surface area (Å²) in [5.41, 5.74) is 1.84. The molecule has 0 bridgehead atoms. The average molecular weight is 552 g/mol. The molecule has 1 amide bonds. The van der Waals surface area contributed by atoms with Crippen molar-refractivity contribution in [3.8, 4) is 22.9 Å². The van der Waals surface area contributed by atoms with Crippen molar-refractivity contribution in [2.24, 2.45) is 7.05 Å². The van der Waals surface area contributed by atoms with E-state index in [1.807, 2.05) is 44.2 Å². The Labute approximate surface area is 230 Å². The van der Waals surface area contributed by atoms with E-state index in [4.69, 9.17) is 25.5 Å². The first-order valence-corrected chi connectivity index (χ1v) is 13.2. The molecule has 0 spiro atoms. The highest BCUT2D eigenvalue weighted by molar-refractivity contribution is 6.30. The molecular weight excluding hydrogens is 522 g/mol. The molecule has 11 heteroatoms. The molecule has 1 aliphatic heterocycles. The van der Waals surface area contributed by atoms with Crippen molar-refractivity contribution < 1.29 is 18.7 Å². The van der Waals surface area contributed by atoms with Gasteiger partial charge in [-0.15, -0.1) is 10.2 Å². The van der Waals surface area contributed by atoms with E-state index in [1.165, 1.54) is 4.68 Å². The highest BCUT2D eigenvalue weighted by atomic mass is 35.5. The van der Waals surface area contributed by atoms with Crippen molar-refractivity contribution in [2.45, 2.75) is 51.7 Å². The van der Waals surface area contributed by atoms with Crippen LogP contribution in [0.3, 0.4) is 0 Å². The van der Waals surface area contributed by atoms with E-state index >= 15 is 0 Å². The molecule has 10 nitrogen and oxygen atoms in total. The Balaban J connectivity index is 1.33. The van der Waals surface area contributed by atoms with Crippen molar-refractivity contribution in [3.63, 3.8) is 0 Å². The number of nitrogens with one attached hydrogen (secondary N) is 1. The minimum atomic E-state index is -0.783. The first kappa shape index (κ1) is 26.7. The highest BCUT2D eigenvalue weighted by Gasteiger charge is 2.33. The molecule has 2 aromatic carbocycles. The lowest BCUT2D eigenvalue weighted by Gasteiger charge is -2.26. The SMILES string of the molecule is Cc1c(NC(=O)[C@H]2C[C@@H](c3nnc(-c4cc(Cl)ccc4OC(C)C)o3)CCO2)c(=O)n(-c2ccccc2)n1C. The Hall–Kier alpha value is -3.89. The maximum absolute atomic E-state index is 13.2. The number of carbonyl (C=O) groups excluding carboxylic acids is 1. The molecule has 2 aromatic heterocycles. The number of carbonyl (C=O) groups is 1. The third-order valence-electron chi connectivity index (χ3n) is 6.70. The van der Waals surface area contributed by atoms with Gasteiger partial charge in [0.05, 0.1) is 23.0 Å². The van der Waals surface area contributed by atoms with E-state index in [-0.39, 0.29) is 29.2 Å². The van der Waals surface area contributed by atoms with Gasteiger partial charge in [-0.25, -0.2) is 4.68 Å². The summed E-state index contributed by atoms with van der Waals surface area (Å²) in [5.74, 6) is 0.698. The topological polar surface area (TPSA) is 113 Å². The molecule has 0 radical (unpaired) electrons. The first-order valence-electron chi connectivity index (χ1n) is 12.8. The van der Waals surface area contributed by atoms with Gasteiger partial charge in [0.2, 0.25) is 5.89 Å². The van der Waals surface area contributed by atoms with Gasteiger partial charge in [0, 0.05) is 24.6 Å². The molecule has 1 N–H and O–H groups in total. The molecular formula is C28H30ClN5O5. The lowest BCUT2D eigenvalue weighted by molar-refractivity contribution is -0.130. The fraction of sp³-hybridized carbons (Fsp3) is 0.357. The summed E-state index contributed by atoms with van der Waals surface area (Å²) in [7, 11) is 1.78. The van der Waals surface area contributed by atoms with Crippen LogP contribution in [0.25, 0.3) is 17.1 Å². The molecule has 1 fully saturated rings. The largest absolute Gasteiger partial charge is 0.490 e.